The molecule has 7 nitrogen and oxygen atoms in total. The van der Waals surface area contributed by atoms with Crippen molar-refractivity contribution in [2.75, 3.05) is 14.2 Å². The Morgan fingerprint density at radius 3 is 2.29 bits per heavy atom. The van der Waals surface area contributed by atoms with Crippen molar-refractivity contribution in [3.63, 3.8) is 0 Å². The molecule has 0 amide bonds. The zero-order valence-electron chi connectivity index (χ0n) is 16.8. The normalized spacial score (nSPS) is 11.6. The second-order valence-corrected chi connectivity index (χ2v) is 6.46. The Morgan fingerprint density at radius 1 is 1.07 bits per heavy atom. The fraction of sp³-hybridized carbons (Fsp3) is 0.381. The lowest BCUT2D eigenvalue weighted by Gasteiger charge is -2.12. The Labute approximate surface area is 164 Å². The number of hydrogen-bond acceptors (Lipinski definition) is 6. The lowest BCUT2D eigenvalue weighted by molar-refractivity contribution is -0.146. The molecule has 0 bridgehead atoms. The van der Waals surface area contributed by atoms with Crippen molar-refractivity contribution in [2.45, 2.75) is 39.7 Å². The van der Waals surface area contributed by atoms with Crippen LogP contribution in [-0.2, 0) is 20.7 Å². The molecule has 2 rings (SSSR count). The molecule has 1 heterocycles. The number of carbonyl (C=O) groups is 3. The number of H-pyrrole nitrogens is 1. The standard InChI is InChI=1S/C21H25NO6/c1-12-18(21(25)27-5)13(2)22-19(12)20(24)14(3)28-17(23)11-8-15-6-9-16(26-4)10-7-15/h6-7,9-10,14,22H,8,11H2,1-5H3. The topological polar surface area (TPSA) is 94.7 Å². The molecule has 2 aromatic rings. The van der Waals surface area contributed by atoms with Crippen molar-refractivity contribution < 1.29 is 28.6 Å². The second-order valence-electron chi connectivity index (χ2n) is 6.46. The van der Waals surface area contributed by atoms with Crippen molar-refractivity contribution in [2.24, 2.45) is 0 Å². The molecule has 150 valence electrons. The summed E-state index contributed by atoms with van der Waals surface area (Å²) in [7, 11) is 2.87. The molecule has 0 saturated heterocycles. The first-order valence-corrected chi connectivity index (χ1v) is 8.92. The number of rotatable bonds is 8. The van der Waals surface area contributed by atoms with Gasteiger partial charge in [-0.15, -0.1) is 0 Å². The number of aromatic nitrogens is 1. The summed E-state index contributed by atoms with van der Waals surface area (Å²) >= 11 is 0. The fourth-order valence-corrected chi connectivity index (χ4v) is 2.96. The molecule has 1 aromatic carbocycles. The van der Waals surface area contributed by atoms with Gasteiger partial charge in [-0.1, -0.05) is 12.1 Å². The monoisotopic (exact) mass is 387 g/mol. The van der Waals surface area contributed by atoms with Gasteiger partial charge >= 0.3 is 11.9 Å². The van der Waals surface area contributed by atoms with Crippen LogP contribution in [0.5, 0.6) is 5.75 Å². The van der Waals surface area contributed by atoms with Gasteiger partial charge in [0.25, 0.3) is 0 Å². The maximum absolute atomic E-state index is 12.6. The van der Waals surface area contributed by atoms with Crippen molar-refractivity contribution in [1.82, 2.24) is 4.98 Å². The zero-order valence-corrected chi connectivity index (χ0v) is 16.8. The van der Waals surface area contributed by atoms with Crippen molar-refractivity contribution in [3.05, 3.63) is 52.3 Å². The first-order chi connectivity index (χ1) is 13.3. The highest BCUT2D eigenvalue weighted by atomic mass is 16.5. The Morgan fingerprint density at radius 2 is 1.71 bits per heavy atom. The molecule has 1 atom stereocenters. The minimum absolute atomic E-state index is 0.153. The Balaban J connectivity index is 1.98. The number of hydrogen-bond donors (Lipinski definition) is 1. The first kappa shape index (κ1) is 21.2. The molecular weight excluding hydrogens is 362 g/mol. The molecule has 28 heavy (non-hydrogen) atoms. The summed E-state index contributed by atoms with van der Waals surface area (Å²) < 4.78 is 15.1. The van der Waals surface area contributed by atoms with Gasteiger partial charge in [-0.3, -0.25) is 9.59 Å². The predicted octanol–water partition coefficient (Wildman–Crippen LogP) is 3.17. The maximum atomic E-state index is 12.6. The summed E-state index contributed by atoms with van der Waals surface area (Å²) in [6.45, 7) is 4.85. The highest BCUT2D eigenvalue weighted by Gasteiger charge is 2.27. The fourth-order valence-electron chi connectivity index (χ4n) is 2.96. The van der Waals surface area contributed by atoms with E-state index < -0.39 is 23.8 Å². The van der Waals surface area contributed by atoms with E-state index in [1.54, 1.807) is 21.0 Å². The summed E-state index contributed by atoms with van der Waals surface area (Å²) in [5, 5.41) is 0. The van der Waals surface area contributed by atoms with Gasteiger partial charge in [0, 0.05) is 12.1 Å². The second kappa shape index (κ2) is 9.21. The molecule has 0 saturated carbocycles. The molecule has 0 spiro atoms. The van der Waals surface area contributed by atoms with E-state index in [-0.39, 0.29) is 12.1 Å². The molecular formula is C21H25NO6. The number of methoxy groups -OCH3 is 2. The summed E-state index contributed by atoms with van der Waals surface area (Å²) in [4.78, 5) is 39.5. The average Bonchev–Trinajstić information content (AvgIpc) is 2.99. The number of aryl methyl sites for hydroxylation is 2. The Kier molecular flexibility index (Phi) is 6.98. The molecule has 1 unspecified atom stereocenters. The Hall–Kier alpha value is -3.09. The van der Waals surface area contributed by atoms with Crippen molar-refractivity contribution in [1.29, 1.82) is 0 Å². The lowest BCUT2D eigenvalue weighted by atomic mass is 10.1. The van der Waals surface area contributed by atoms with Gasteiger partial charge in [0.2, 0.25) is 5.78 Å². The SMILES string of the molecule is COC(=O)c1c(C)[nH]c(C(=O)C(C)OC(=O)CCc2ccc(OC)cc2)c1C. The third kappa shape index (κ3) is 4.79. The Bertz CT molecular complexity index is 866. The minimum atomic E-state index is -0.967. The molecule has 7 heteroatoms. The van der Waals surface area contributed by atoms with E-state index in [1.807, 2.05) is 24.3 Å². The van der Waals surface area contributed by atoms with Crippen LogP contribution in [0.25, 0.3) is 0 Å². The number of aromatic amines is 1. The summed E-state index contributed by atoms with van der Waals surface area (Å²) in [6.07, 6.45) is -0.317. The molecule has 0 fully saturated rings. The third-order valence-corrected chi connectivity index (χ3v) is 4.53. The van der Waals surface area contributed by atoms with Crippen LogP contribution in [0.2, 0.25) is 0 Å². The van der Waals surface area contributed by atoms with Crippen LogP contribution in [0.4, 0.5) is 0 Å². The van der Waals surface area contributed by atoms with Crippen LogP contribution in [0, 0.1) is 13.8 Å². The molecule has 0 radical (unpaired) electrons. The van der Waals surface area contributed by atoms with Gasteiger partial charge in [0.15, 0.2) is 6.10 Å². The number of ketones is 1. The van der Waals surface area contributed by atoms with Gasteiger partial charge in [0.05, 0.1) is 25.5 Å². The van der Waals surface area contributed by atoms with Crippen LogP contribution in [-0.4, -0.2) is 43.0 Å². The van der Waals surface area contributed by atoms with E-state index in [0.29, 0.717) is 23.2 Å². The summed E-state index contributed by atoms with van der Waals surface area (Å²) in [6, 6.07) is 7.39. The molecule has 0 aliphatic rings. The van der Waals surface area contributed by atoms with E-state index in [2.05, 4.69) is 4.98 Å². The van der Waals surface area contributed by atoms with Crippen LogP contribution in [0.3, 0.4) is 0 Å². The lowest BCUT2D eigenvalue weighted by Crippen LogP contribution is -2.25. The maximum Gasteiger partial charge on any atom is 0.339 e. The van der Waals surface area contributed by atoms with E-state index in [0.717, 1.165) is 11.3 Å². The highest BCUT2D eigenvalue weighted by Crippen LogP contribution is 2.21. The van der Waals surface area contributed by atoms with E-state index >= 15 is 0 Å². The van der Waals surface area contributed by atoms with Crippen LogP contribution in [0.1, 0.15) is 51.0 Å². The number of nitrogens with one attached hydrogen (secondary N) is 1. The average molecular weight is 387 g/mol. The summed E-state index contributed by atoms with van der Waals surface area (Å²) in [5.74, 6) is -0.637. The van der Waals surface area contributed by atoms with E-state index in [4.69, 9.17) is 14.2 Å². The molecule has 1 N–H and O–H groups in total. The van der Waals surface area contributed by atoms with Crippen molar-refractivity contribution in [3.8, 4) is 5.75 Å². The third-order valence-electron chi connectivity index (χ3n) is 4.53. The highest BCUT2D eigenvalue weighted by molar-refractivity contribution is 6.03. The van der Waals surface area contributed by atoms with Crippen LogP contribution in [0.15, 0.2) is 24.3 Å². The van der Waals surface area contributed by atoms with Crippen molar-refractivity contribution >= 4 is 17.7 Å². The molecule has 0 aliphatic heterocycles. The number of esters is 2. The smallest absolute Gasteiger partial charge is 0.339 e. The molecule has 1 aromatic heterocycles. The first-order valence-electron chi connectivity index (χ1n) is 8.92. The number of benzene rings is 1. The zero-order chi connectivity index (χ0) is 20.8. The van der Waals surface area contributed by atoms with E-state index in [1.165, 1.54) is 14.0 Å². The number of Topliss-reactive ketones (excluding diaryl/α,β-unsaturated/α-hetero) is 1. The molecule has 0 aliphatic carbocycles. The van der Waals surface area contributed by atoms with Gasteiger partial charge in [-0.05, 0) is 50.5 Å². The predicted molar refractivity (Wildman–Crippen MR) is 103 cm³/mol. The van der Waals surface area contributed by atoms with Gasteiger partial charge in [0.1, 0.15) is 5.75 Å². The van der Waals surface area contributed by atoms with Gasteiger partial charge in [-0.2, -0.15) is 0 Å². The number of ether oxygens (including phenoxy) is 3. The number of carbonyl (C=O) groups excluding carboxylic acids is 3. The van der Waals surface area contributed by atoms with Gasteiger partial charge < -0.3 is 19.2 Å². The van der Waals surface area contributed by atoms with Crippen LogP contribution < -0.4 is 4.74 Å². The largest absolute Gasteiger partial charge is 0.497 e. The van der Waals surface area contributed by atoms with E-state index in [9.17, 15) is 14.4 Å². The van der Waals surface area contributed by atoms with Gasteiger partial charge in [-0.25, -0.2) is 4.79 Å². The van der Waals surface area contributed by atoms with Crippen LogP contribution >= 0.6 is 0 Å². The quantitative estimate of drug-likeness (QED) is 0.552. The minimum Gasteiger partial charge on any atom is -0.497 e. The summed E-state index contributed by atoms with van der Waals surface area (Å²) in [5.41, 5.74) is 2.55.